The molecule has 2 atom stereocenters. The number of hydrogen-bond acceptors (Lipinski definition) is 5. The molecule has 3 rings (SSSR count). The van der Waals surface area contributed by atoms with Crippen molar-refractivity contribution in [2.24, 2.45) is 11.8 Å². The number of likely N-dealkylation sites (N-methyl/N-ethyl adjacent to an activating group) is 1. The number of carbonyl (C=O) groups is 1. The molecule has 1 aliphatic carbocycles. The van der Waals surface area contributed by atoms with E-state index in [1.807, 2.05) is 14.0 Å². The van der Waals surface area contributed by atoms with Gasteiger partial charge in [-0.1, -0.05) is 80.7 Å². The third kappa shape index (κ3) is 7.87. The van der Waals surface area contributed by atoms with Gasteiger partial charge >= 0.3 is 0 Å². The monoisotopic (exact) mass is 531 g/mol. The Balaban J connectivity index is 1.80. The number of allylic oxidation sites excluding steroid dienone is 3. The molecule has 0 radical (unpaired) electrons. The van der Waals surface area contributed by atoms with Gasteiger partial charge in [-0.15, -0.1) is 0 Å². The number of thioether (sulfide) groups is 1. The molecule has 0 amide bonds. The van der Waals surface area contributed by atoms with Gasteiger partial charge in [0.1, 0.15) is 6.29 Å². The van der Waals surface area contributed by atoms with Crippen LogP contribution in [-0.4, -0.2) is 30.3 Å². The standard InChI is InChI=1S/C33H45N3OS/c1-8-24(5)38-32(9-2)35-30-16-14-26(15-17-30)21-36(31(22-37)18-23(3)4)25(6)33(34-7)29-19-27-12-10-11-13-28(27)20-29/h8-17,22-23,29,31,33-35H,6,18-21H2,1-5,7H3/b24-8-,32-9+/t31-,33?/m1/s1. The molecule has 1 aliphatic rings. The number of carbonyl (C=O) groups excluding carboxylic acids is 1. The van der Waals surface area contributed by atoms with Gasteiger partial charge in [-0.05, 0) is 92.6 Å². The molecular formula is C33H45N3OS. The third-order valence-electron chi connectivity index (χ3n) is 7.38. The molecule has 0 aliphatic heterocycles. The van der Waals surface area contributed by atoms with E-state index in [-0.39, 0.29) is 12.1 Å². The SMILES string of the molecule is C=C(C(NC)C1Cc2ccccc2C1)N(Cc1ccc(N/C(=C\C)S/C(C)=C\C)cc1)[C@@H](C=O)CC(C)C. The Kier molecular flexibility index (Phi) is 11.3. The fourth-order valence-electron chi connectivity index (χ4n) is 5.27. The number of fused-ring (bicyclic) bond motifs is 1. The van der Waals surface area contributed by atoms with Crippen molar-refractivity contribution in [2.75, 3.05) is 12.4 Å². The average molecular weight is 532 g/mol. The van der Waals surface area contributed by atoms with Gasteiger partial charge in [0.15, 0.2) is 0 Å². The van der Waals surface area contributed by atoms with Gasteiger partial charge in [0.2, 0.25) is 0 Å². The van der Waals surface area contributed by atoms with Crippen LogP contribution in [0.3, 0.4) is 0 Å². The summed E-state index contributed by atoms with van der Waals surface area (Å²) < 4.78 is 0. The maximum Gasteiger partial charge on any atom is 0.142 e. The summed E-state index contributed by atoms with van der Waals surface area (Å²) in [7, 11) is 2.02. The molecule has 2 aromatic rings. The second kappa shape index (κ2) is 14.4. The van der Waals surface area contributed by atoms with E-state index < -0.39 is 0 Å². The van der Waals surface area contributed by atoms with E-state index in [0.717, 1.165) is 47.5 Å². The predicted molar refractivity (Wildman–Crippen MR) is 165 cm³/mol. The normalized spacial score (nSPS) is 15.8. The second-order valence-corrected chi connectivity index (χ2v) is 11.9. The summed E-state index contributed by atoms with van der Waals surface area (Å²) in [5.74, 6) is 0.830. The summed E-state index contributed by atoms with van der Waals surface area (Å²) in [4.78, 5) is 15.9. The largest absolute Gasteiger partial charge is 0.360 e. The number of aldehydes is 1. The highest BCUT2D eigenvalue weighted by atomic mass is 32.2. The van der Waals surface area contributed by atoms with Crippen LogP contribution in [0.5, 0.6) is 0 Å². The molecule has 0 heterocycles. The van der Waals surface area contributed by atoms with Crippen molar-refractivity contribution in [2.45, 2.75) is 72.5 Å². The molecule has 0 aromatic heterocycles. The maximum atomic E-state index is 12.4. The van der Waals surface area contributed by atoms with E-state index in [0.29, 0.717) is 18.4 Å². The number of benzene rings is 2. The number of nitrogens with zero attached hydrogens (tertiary/aromatic N) is 1. The van der Waals surface area contributed by atoms with Crippen LogP contribution in [0.2, 0.25) is 0 Å². The van der Waals surface area contributed by atoms with Gasteiger partial charge in [-0.25, -0.2) is 0 Å². The van der Waals surface area contributed by atoms with Crippen LogP contribution < -0.4 is 10.6 Å². The lowest BCUT2D eigenvalue weighted by molar-refractivity contribution is -0.112. The average Bonchev–Trinajstić information content (AvgIpc) is 3.34. The maximum absolute atomic E-state index is 12.4. The first-order valence-electron chi connectivity index (χ1n) is 13.8. The van der Waals surface area contributed by atoms with Gasteiger partial charge < -0.3 is 20.3 Å². The predicted octanol–water partition coefficient (Wildman–Crippen LogP) is 7.55. The molecule has 0 bridgehead atoms. The summed E-state index contributed by atoms with van der Waals surface area (Å²) in [6.45, 7) is 15.8. The van der Waals surface area contributed by atoms with Crippen LogP contribution in [0, 0.1) is 11.8 Å². The summed E-state index contributed by atoms with van der Waals surface area (Å²) in [5, 5.41) is 8.18. The Morgan fingerprint density at radius 2 is 1.71 bits per heavy atom. The van der Waals surface area contributed by atoms with E-state index in [2.05, 4.69) is 110 Å². The van der Waals surface area contributed by atoms with Gasteiger partial charge in [-0.3, -0.25) is 0 Å². The number of hydrogen-bond donors (Lipinski definition) is 2. The highest BCUT2D eigenvalue weighted by Crippen LogP contribution is 2.33. The van der Waals surface area contributed by atoms with Crippen molar-refractivity contribution in [3.8, 4) is 0 Å². The van der Waals surface area contributed by atoms with Crippen LogP contribution in [0.25, 0.3) is 0 Å². The summed E-state index contributed by atoms with van der Waals surface area (Å²) in [6.07, 6.45) is 8.18. The molecule has 2 aromatic carbocycles. The Bertz CT molecular complexity index is 1110. The highest BCUT2D eigenvalue weighted by molar-refractivity contribution is 8.06. The molecular weight excluding hydrogens is 486 g/mol. The summed E-state index contributed by atoms with van der Waals surface area (Å²) >= 11 is 1.73. The van der Waals surface area contributed by atoms with E-state index in [4.69, 9.17) is 0 Å². The summed E-state index contributed by atoms with van der Waals surface area (Å²) in [5.41, 5.74) is 6.07. The summed E-state index contributed by atoms with van der Waals surface area (Å²) in [6, 6.07) is 17.2. The van der Waals surface area contributed by atoms with Crippen molar-refractivity contribution >= 4 is 23.7 Å². The zero-order valence-electron chi connectivity index (χ0n) is 24.0. The van der Waals surface area contributed by atoms with Crippen molar-refractivity contribution in [3.05, 3.63) is 99.6 Å². The van der Waals surface area contributed by atoms with Gasteiger partial charge in [0.05, 0.1) is 11.1 Å². The lowest BCUT2D eigenvalue weighted by atomic mass is 9.92. The van der Waals surface area contributed by atoms with Gasteiger partial charge in [0, 0.05) is 24.0 Å². The minimum Gasteiger partial charge on any atom is -0.360 e. The van der Waals surface area contributed by atoms with Crippen LogP contribution in [-0.2, 0) is 24.2 Å². The number of anilines is 1. The molecule has 0 spiro atoms. The lowest BCUT2D eigenvalue weighted by Crippen LogP contribution is -2.46. The quantitative estimate of drug-likeness (QED) is 0.246. The number of nitrogens with one attached hydrogen (secondary N) is 2. The van der Waals surface area contributed by atoms with Crippen molar-refractivity contribution in [1.29, 1.82) is 0 Å². The minimum absolute atomic E-state index is 0.0992. The molecule has 0 saturated heterocycles. The Morgan fingerprint density at radius 3 is 2.21 bits per heavy atom. The van der Waals surface area contributed by atoms with Crippen molar-refractivity contribution < 1.29 is 4.79 Å². The molecule has 204 valence electrons. The Morgan fingerprint density at radius 1 is 1.08 bits per heavy atom. The molecule has 1 unspecified atom stereocenters. The second-order valence-electron chi connectivity index (χ2n) is 10.6. The lowest BCUT2D eigenvalue weighted by Gasteiger charge is -2.38. The van der Waals surface area contributed by atoms with Crippen LogP contribution in [0.1, 0.15) is 57.7 Å². The topological polar surface area (TPSA) is 44.4 Å². The van der Waals surface area contributed by atoms with Gasteiger partial charge in [-0.2, -0.15) is 0 Å². The van der Waals surface area contributed by atoms with Crippen molar-refractivity contribution in [1.82, 2.24) is 10.2 Å². The number of rotatable bonds is 14. The fraction of sp³-hybridized carbons (Fsp3) is 0.424. The van der Waals surface area contributed by atoms with Gasteiger partial charge in [0.25, 0.3) is 0 Å². The third-order valence-corrected chi connectivity index (χ3v) is 8.49. The first-order valence-corrected chi connectivity index (χ1v) is 14.6. The van der Waals surface area contributed by atoms with E-state index in [1.54, 1.807) is 11.8 Å². The van der Waals surface area contributed by atoms with Crippen LogP contribution in [0.15, 0.2) is 82.9 Å². The smallest absolute Gasteiger partial charge is 0.142 e. The van der Waals surface area contributed by atoms with E-state index in [1.165, 1.54) is 16.0 Å². The molecule has 5 heteroatoms. The first kappa shape index (κ1) is 29.8. The highest BCUT2D eigenvalue weighted by Gasteiger charge is 2.33. The zero-order valence-corrected chi connectivity index (χ0v) is 24.8. The molecule has 4 nitrogen and oxygen atoms in total. The molecule has 0 saturated carbocycles. The molecule has 0 fully saturated rings. The zero-order chi connectivity index (χ0) is 27.7. The minimum atomic E-state index is -0.213. The fourth-order valence-corrected chi connectivity index (χ4v) is 6.03. The van der Waals surface area contributed by atoms with Crippen LogP contribution in [0.4, 0.5) is 5.69 Å². The van der Waals surface area contributed by atoms with E-state index >= 15 is 0 Å². The van der Waals surface area contributed by atoms with E-state index in [9.17, 15) is 4.79 Å². The first-order chi connectivity index (χ1) is 18.3. The molecule has 2 N–H and O–H groups in total. The molecule has 38 heavy (non-hydrogen) atoms. The Labute approximate surface area is 234 Å². The van der Waals surface area contributed by atoms with Crippen LogP contribution >= 0.6 is 11.8 Å². The van der Waals surface area contributed by atoms with Crippen molar-refractivity contribution in [3.63, 3.8) is 0 Å². The Hall–Kier alpha value is -2.76.